The van der Waals surface area contributed by atoms with E-state index in [4.69, 9.17) is 0 Å². The summed E-state index contributed by atoms with van der Waals surface area (Å²) in [6.07, 6.45) is 10.8. The van der Waals surface area contributed by atoms with Crippen LogP contribution in [0.25, 0.3) is 22.1 Å². The van der Waals surface area contributed by atoms with Crippen LogP contribution in [-0.4, -0.2) is 25.3 Å². The number of carbonyl (C=O) groups excluding carboxylic acids is 1. The second-order valence-corrected chi connectivity index (χ2v) is 12.0. The van der Waals surface area contributed by atoms with Gasteiger partial charge in [0.1, 0.15) is 11.4 Å². The number of hydrogen-bond acceptors (Lipinski definition) is 3. The van der Waals surface area contributed by atoms with Crippen LogP contribution in [0.15, 0.2) is 23.3 Å². The summed E-state index contributed by atoms with van der Waals surface area (Å²) in [5, 5.41) is 1.01. The number of aromatic amines is 2. The number of ketones is 1. The monoisotopic (exact) mass is 420 g/mol. The summed E-state index contributed by atoms with van der Waals surface area (Å²) in [5.41, 5.74) is 2.84. The molecule has 3 aromatic heterocycles. The molecule has 2 N–H and O–H groups in total. The molecule has 4 fully saturated rings. The van der Waals surface area contributed by atoms with Crippen LogP contribution in [-0.2, 0) is 4.79 Å². The van der Waals surface area contributed by atoms with Crippen LogP contribution in [0.2, 0.25) is 0 Å². The van der Waals surface area contributed by atoms with Crippen LogP contribution in [0.1, 0.15) is 71.8 Å². The van der Waals surface area contributed by atoms with Crippen molar-refractivity contribution < 1.29 is 4.79 Å². The second kappa shape index (κ2) is 6.33. The van der Waals surface area contributed by atoms with E-state index in [2.05, 4.69) is 40.3 Å². The largest absolute Gasteiger partial charge is 0.346 e. The van der Waals surface area contributed by atoms with Gasteiger partial charge in [-0.15, -0.1) is 0 Å². The van der Waals surface area contributed by atoms with Crippen molar-refractivity contribution in [3.8, 4) is 0 Å². The fourth-order valence-corrected chi connectivity index (χ4v) is 7.78. The topological polar surface area (TPSA) is 83.5 Å². The molecule has 0 amide bonds. The van der Waals surface area contributed by atoms with Gasteiger partial charge in [0.25, 0.3) is 0 Å². The third-order valence-corrected chi connectivity index (χ3v) is 8.21. The molecule has 2 atom stereocenters. The number of nitrogens with one attached hydrogen (secondary N) is 2. The van der Waals surface area contributed by atoms with Gasteiger partial charge in [0.05, 0.1) is 17.2 Å². The number of Topliss-reactive ketones (excluding diaryl/α,β-unsaturated/α-hetero) is 1. The van der Waals surface area contributed by atoms with Crippen molar-refractivity contribution in [2.24, 2.45) is 28.6 Å². The summed E-state index contributed by atoms with van der Waals surface area (Å²) in [6, 6.07) is 2.25. The van der Waals surface area contributed by atoms with E-state index in [0.717, 1.165) is 41.3 Å². The molecule has 31 heavy (non-hydrogen) atoms. The van der Waals surface area contributed by atoms with Crippen LogP contribution in [0.4, 0.5) is 0 Å². The van der Waals surface area contributed by atoms with E-state index in [1.807, 2.05) is 12.3 Å². The summed E-state index contributed by atoms with van der Waals surface area (Å²) in [6.45, 7) is 6.46. The third-order valence-electron chi connectivity index (χ3n) is 8.21. The summed E-state index contributed by atoms with van der Waals surface area (Å²) in [4.78, 5) is 36.8. The molecule has 4 aliphatic carbocycles. The Labute approximate surface area is 181 Å². The fraction of sp³-hybridized carbons (Fsp3) is 0.640. The Bertz CT molecular complexity index is 1220. The molecule has 0 spiro atoms. The fourth-order valence-electron chi connectivity index (χ4n) is 7.78. The zero-order chi connectivity index (χ0) is 21.5. The van der Waals surface area contributed by atoms with Gasteiger partial charge in [0.15, 0.2) is 0 Å². The lowest BCUT2D eigenvalue weighted by atomic mass is 9.46. The van der Waals surface area contributed by atoms with Crippen molar-refractivity contribution >= 4 is 27.9 Å². The summed E-state index contributed by atoms with van der Waals surface area (Å²) >= 11 is 0. The molecule has 164 valence electrons. The average Bonchev–Trinajstić information content (AvgIpc) is 3.22. The molecule has 6 heteroatoms. The van der Waals surface area contributed by atoms with Gasteiger partial charge >= 0.3 is 5.69 Å². The van der Waals surface area contributed by atoms with E-state index >= 15 is 0 Å². The van der Waals surface area contributed by atoms with Crippen LogP contribution in [0.5, 0.6) is 0 Å². The van der Waals surface area contributed by atoms with Crippen LogP contribution in [0, 0.1) is 28.6 Å². The van der Waals surface area contributed by atoms with E-state index in [1.54, 1.807) is 6.20 Å². The maximum absolute atomic E-state index is 13.2. The maximum Gasteiger partial charge on any atom is 0.326 e. The Hall–Kier alpha value is -2.37. The number of pyridine rings is 1. The van der Waals surface area contributed by atoms with E-state index < -0.39 is 0 Å². The quantitative estimate of drug-likeness (QED) is 0.625. The number of fused-ring (bicyclic) bond motifs is 3. The lowest BCUT2D eigenvalue weighted by molar-refractivity contribution is -0.133. The minimum absolute atomic E-state index is 0.0131. The van der Waals surface area contributed by atoms with Gasteiger partial charge in [-0.2, -0.15) is 0 Å². The molecule has 0 saturated heterocycles. The summed E-state index contributed by atoms with van der Waals surface area (Å²) < 4.78 is 2.06. The molecule has 0 aliphatic heterocycles. The second-order valence-electron chi connectivity index (χ2n) is 12.0. The lowest BCUT2D eigenvalue weighted by Gasteiger charge is -2.60. The van der Waals surface area contributed by atoms with Gasteiger partial charge in [-0.3, -0.25) is 9.36 Å². The molecule has 7 rings (SSSR count). The molecule has 3 heterocycles. The van der Waals surface area contributed by atoms with Crippen molar-refractivity contribution in [3.05, 3.63) is 28.9 Å². The molecule has 3 aromatic rings. The maximum atomic E-state index is 13.2. The minimum Gasteiger partial charge on any atom is -0.346 e. The first-order valence-corrected chi connectivity index (χ1v) is 11.8. The molecular weight excluding hydrogens is 388 g/mol. The highest BCUT2D eigenvalue weighted by Crippen LogP contribution is 2.65. The number of imidazole rings is 1. The zero-order valence-corrected chi connectivity index (χ0v) is 18.7. The number of aromatic nitrogens is 4. The van der Waals surface area contributed by atoms with Gasteiger partial charge in [0, 0.05) is 30.5 Å². The van der Waals surface area contributed by atoms with Crippen molar-refractivity contribution in [2.45, 2.75) is 71.8 Å². The van der Waals surface area contributed by atoms with E-state index in [-0.39, 0.29) is 22.6 Å². The van der Waals surface area contributed by atoms with Gasteiger partial charge in [-0.25, -0.2) is 9.78 Å². The summed E-state index contributed by atoms with van der Waals surface area (Å²) in [7, 11) is 0. The van der Waals surface area contributed by atoms with Gasteiger partial charge in [-0.05, 0) is 66.8 Å². The first-order valence-electron chi connectivity index (χ1n) is 11.8. The van der Waals surface area contributed by atoms with Crippen molar-refractivity contribution in [1.82, 2.24) is 19.5 Å². The SMILES string of the molecule is CC(C)(C)CC(=O)CC12CC3CC(C1)C(n1c(=O)[nH]c4cnc5[nH]ccc5c41)C(C3)C2. The molecule has 2 unspecified atom stereocenters. The highest BCUT2D eigenvalue weighted by molar-refractivity contribution is 6.01. The summed E-state index contributed by atoms with van der Waals surface area (Å²) in [5.74, 6) is 2.10. The van der Waals surface area contributed by atoms with Gasteiger partial charge in [0.2, 0.25) is 0 Å². The zero-order valence-electron chi connectivity index (χ0n) is 18.7. The predicted molar refractivity (Wildman–Crippen MR) is 121 cm³/mol. The van der Waals surface area contributed by atoms with E-state index in [0.29, 0.717) is 30.0 Å². The van der Waals surface area contributed by atoms with Crippen molar-refractivity contribution in [3.63, 3.8) is 0 Å². The Morgan fingerprint density at radius 3 is 2.68 bits per heavy atom. The highest BCUT2D eigenvalue weighted by Gasteiger charge is 2.56. The Kier molecular flexibility index (Phi) is 3.95. The first kappa shape index (κ1) is 19.3. The smallest absolute Gasteiger partial charge is 0.326 e. The Morgan fingerprint density at radius 2 is 1.97 bits per heavy atom. The van der Waals surface area contributed by atoms with Crippen molar-refractivity contribution in [2.75, 3.05) is 0 Å². The van der Waals surface area contributed by atoms with Crippen molar-refractivity contribution in [1.29, 1.82) is 0 Å². The van der Waals surface area contributed by atoms with E-state index in [9.17, 15) is 9.59 Å². The van der Waals surface area contributed by atoms with E-state index in [1.165, 1.54) is 19.3 Å². The molecule has 0 radical (unpaired) electrons. The number of rotatable bonds is 4. The van der Waals surface area contributed by atoms with Crippen LogP contribution >= 0.6 is 0 Å². The first-order chi connectivity index (χ1) is 14.7. The molecule has 6 nitrogen and oxygen atoms in total. The standard InChI is InChI=1S/C25H32N4O2/c1-24(2,3)11-17(30)12-25-8-14-6-15(9-25)20(16(7-14)10-25)29-21-18-4-5-26-22(18)27-13-19(21)28-23(29)31/h4-5,13-16,20H,6-12H2,1-3H3,(H,26,27)(H,28,31). The molecule has 4 saturated carbocycles. The van der Waals surface area contributed by atoms with Crippen LogP contribution in [0.3, 0.4) is 0 Å². The molecule has 4 bridgehead atoms. The minimum atomic E-state index is -0.0131. The Morgan fingerprint density at radius 1 is 1.23 bits per heavy atom. The normalized spacial score (nSPS) is 32.4. The Balaban J connectivity index is 1.38. The lowest BCUT2D eigenvalue weighted by Crippen LogP contribution is -2.53. The third kappa shape index (κ3) is 3.01. The van der Waals surface area contributed by atoms with Gasteiger partial charge in [-0.1, -0.05) is 20.8 Å². The molecular formula is C25H32N4O2. The number of hydrogen-bond donors (Lipinski definition) is 2. The van der Waals surface area contributed by atoms with Gasteiger partial charge < -0.3 is 9.97 Å². The number of carbonyl (C=O) groups is 1. The predicted octanol–water partition coefficient (Wildman–Crippen LogP) is 4.97. The number of nitrogens with zero attached hydrogens (tertiary/aromatic N) is 2. The molecule has 0 aromatic carbocycles. The average molecular weight is 421 g/mol. The highest BCUT2D eigenvalue weighted by atomic mass is 16.1. The number of H-pyrrole nitrogens is 2. The van der Waals surface area contributed by atoms with Crippen LogP contribution < -0.4 is 5.69 Å². The molecule has 4 aliphatic rings.